The van der Waals surface area contributed by atoms with Crippen molar-refractivity contribution >= 4 is 23.1 Å². The fourth-order valence-electron chi connectivity index (χ4n) is 1.66. The van der Waals surface area contributed by atoms with Gasteiger partial charge in [0.05, 0.1) is 24.2 Å². The number of ether oxygens (including phenoxy) is 1. The van der Waals surface area contributed by atoms with Gasteiger partial charge in [-0.25, -0.2) is 9.18 Å². The number of nitrogens with one attached hydrogen (secondary N) is 2. The number of amides is 2. The van der Waals surface area contributed by atoms with Crippen LogP contribution < -0.4 is 21.1 Å². The summed E-state index contributed by atoms with van der Waals surface area (Å²) < 4.78 is 18.2. The monoisotopic (exact) mass is 275 g/mol. The number of nitrogen functional groups attached to an aromatic ring is 1. The molecule has 0 heterocycles. The first-order valence-corrected chi connectivity index (χ1v) is 5.86. The minimum absolute atomic E-state index is 0.206. The molecule has 0 aliphatic carbocycles. The van der Waals surface area contributed by atoms with Gasteiger partial charge in [0.1, 0.15) is 11.6 Å². The van der Waals surface area contributed by atoms with Gasteiger partial charge >= 0.3 is 6.03 Å². The second kappa shape index (κ2) is 5.92. The molecule has 0 unspecified atom stereocenters. The third kappa shape index (κ3) is 3.17. The first-order valence-electron chi connectivity index (χ1n) is 5.86. The molecule has 0 fully saturated rings. The predicted molar refractivity (Wildman–Crippen MR) is 76.4 cm³/mol. The summed E-state index contributed by atoms with van der Waals surface area (Å²) in [7, 11) is 1.50. The van der Waals surface area contributed by atoms with Gasteiger partial charge in [-0.1, -0.05) is 12.1 Å². The quantitative estimate of drug-likeness (QED) is 0.753. The Bertz CT molecular complexity index is 632. The van der Waals surface area contributed by atoms with Crippen LogP contribution in [0.15, 0.2) is 42.5 Å². The number of hydrogen-bond acceptors (Lipinski definition) is 3. The molecule has 0 atom stereocenters. The molecule has 6 heteroatoms. The number of urea groups is 1. The molecule has 104 valence electrons. The van der Waals surface area contributed by atoms with Crippen LogP contribution in [0.5, 0.6) is 5.75 Å². The second-order valence-corrected chi connectivity index (χ2v) is 4.01. The Morgan fingerprint density at radius 3 is 2.60 bits per heavy atom. The van der Waals surface area contributed by atoms with Crippen LogP contribution in [0.4, 0.5) is 26.2 Å². The second-order valence-electron chi connectivity index (χ2n) is 4.01. The summed E-state index contributed by atoms with van der Waals surface area (Å²) in [6, 6.07) is 10.2. The van der Waals surface area contributed by atoms with Crippen molar-refractivity contribution in [3.63, 3.8) is 0 Å². The molecule has 4 N–H and O–H groups in total. The van der Waals surface area contributed by atoms with Gasteiger partial charge in [-0.15, -0.1) is 0 Å². The molecule has 5 nitrogen and oxygen atoms in total. The smallest absolute Gasteiger partial charge is 0.323 e. The van der Waals surface area contributed by atoms with Crippen LogP contribution in [-0.2, 0) is 0 Å². The molecular formula is C14H14FN3O2. The van der Waals surface area contributed by atoms with E-state index in [4.69, 9.17) is 10.5 Å². The zero-order valence-corrected chi connectivity index (χ0v) is 10.8. The van der Waals surface area contributed by atoms with Crippen molar-refractivity contribution in [2.75, 3.05) is 23.5 Å². The number of anilines is 3. The molecule has 0 saturated heterocycles. The van der Waals surface area contributed by atoms with Crippen LogP contribution in [0.25, 0.3) is 0 Å². The Kier molecular flexibility index (Phi) is 4.05. The van der Waals surface area contributed by atoms with E-state index in [1.165, 1.54) is 19.2 Å². The molecule has 0 radical (unpaired) electrons. The first-order chi connectivity index (χ1) is 9.60. The molecular weight excluding hydrogens is 261 g/mol. The molecule has 0 aliphatic heterocycles. The van der Waals surface area contributed by atoms with E-state index in [1.54, 1.807) is 24.3 Å². The lowest BCUT2D eigenvalue weighted by Crippen LogP contribution is -2.20. The number of nitrogens with two attached hydrogens (primary N) is 1. The summed E-state index contributed by atoms with van der Waals surface area (Å²) >= 11 is 0. The Morgan fingerprint density at radius 2 is 1.85 bits per heavy atom. The molecule has 2 aromatic carbocycles. The van der Waals surface area contributed by atoms with Gasteiger partial charge in [-0.2, -0.15) is 0 Å². The van der Waals surface area contributed by atoms with E-state index in [-0.39, 0.29) is 11.4 Å². The zero-order valence-electron chi connectivity index (χ0n) is 10.8. The number of para-hydroxylation sites is 2. The lowest BCUT2D eigenvalue weighted by atomic mass is 10.2. The maximum absolute atomic E-state index is 13.1. The number of methoxy groups -OCH3 is 1. The normalized spacial score (nSPS) is 9.90. The topological polar surface area (TPSA) is 76.4 Å². The van der Waals surface area contributed by atoms with Gasteiger partial charge in [0, 0.05) is 0 Å². The fourth-order valence-corrected chi connectivity index (χ4v) is 1.66. The molecule has 0 aliphatic rings. The molecule has 0 bridgehead atoms. The Balaban J connectivity index is 2.11. The third-order valence-electron chi connectivity index (χ3n) is 2.62. The predicted octanol–water partition coefficient (Wildman–Crippen LogP) is 3.06. The summed E-state index contributed by atoms with van der Waals surface area (Å²) in [5.74, 6) is 0.0432. The highest BCUT2D eigenvalue weighted by atomic mass is 19.1. The lowest BCUT2D eigenvalue weighted by molar-refractivity contribution is 0.262. The molecule has 0 aromatic heterocycles. The third-order valence-corrected chi connectivity index (χ3v) is 2.62. The van der Waals surface area contributed by atoms with Gasteiger partial charge in [-0.3, -0.25) is 0 Å². The average molecular weight is 275 g/mol. The van der Waals surface area contributed by atoms with E-state index >= 15 is 0 Å². The standard InChI is InChI=1S/C14H14FN3O2/c1-20-13-5-3-2-4-11(13)17-14(19)18-12-8-9(15)6-7-10(12)16/h2-8H,16H2,1H3,(H2,17,18,19). The zero-order chi connectivity index (χ0) is 14.5. The number of rotatable bonds is 3. The van der Waals surface area contributed by atoms with Gasteiger partial charge in [0.25, 0.3) is 0 Å². The van der Waals surface area contributed by atoms with Crippen LogP contribution in [-0.4, -0.2) is 13.1 Å². The van der Waals surface area contributed by atoms with Crippen molar-refractivity contribution in [1.29, 1.82) is 0 Å². The Morgan fingerprint density at radius 1 is 1.15 bits per heavy atom. The molecule has 2 aromatic rings. The van der Waals surface area contributed by atoms with Crippen molar-refractivity contribution in [1.82, 2.24) is 0 Å². The van der Waals surface area contributed by atoms with Gasteiger partial charge < -0.3 is 21.1 Å². The largest absolute Gasteiger partial charge is 0.495 e. The van der Waals surface area contributed by atoms with E-state index < -0.39 is 11.8 Å². The summed E-state index contributed by atoms with van der Waals surface area (Å²) in [6.07, 6.45) is 0. The van der Waals surface area contributed by atoms with Crippen molar-refractivity contribution in [2.24, 2.45) is 0 Å². The van der Waals surface area contributed by atoms with Gasteiger partial charge in [0.2, 0.25) is 0 Å². The molecule has 0 spiro atoms. The van der Waals surface area contributed by atoms with Crippen molar-refractivity contribution < 1.29 is 13.9 Å². The summed E-state index contributed by atoms with van der Waals surface area (Å²) in [5, 5.41) is 5.08. The van der Waals surface area contributed by atoms with E-state index in [9.17, 15) is 9.18 Å². The number of halogens is 1. The van der Waals surface area contributed by atoms with Crippen LogP contribution in [0.1, 0.15) is 0 Å². The van der Waals surface area contributed by atoms with Crippen LogP contribution >= 0.6 is 0 Å². The average Bonchev–Trinajstić information content (AvgIpc) is 2.43. The molecule has 0 saturated carbocycles. The lowest BCUT2D eigenvalue weighted by Gasteiger charge is -2.12. The summed E-state index contributed by atoms with van der Waals surface area (Å²) in [4.78, 5) is 11.9. The van der Waals surface area contributed by atoms with E-state index in [1.807, 2.05) is 0 Å². The van der Waals surface area contributed by atoms with E-state index in [0.29, 0.717) is 11.4 Å². The van der Waals surface area contributed by atoms with Crippen LogP contribution in [0.2, 0.25) is 0 Å². The highest BCUT2D eigenvalue weighted by Gasteiger charge is 2.09. The number of carbonyl (C=O) groups is 1. The number of hydrogen-bond donors (Lipinski definition) is 3. The van der Waals surface area contributed by atoms with Crippen LogP contribution in [0.3, 0.4) is 0 Å². The van der Waals surface area contributed by atoms with Gasteiger partial charge in [-0.05, 0) is 30.3 Å². The number of benzene rings is 2. The maximum Gasteiger partial charge on any atom is 0.323 e. The highest BCUT2D eigenvalue weighted by molar-refractivity contribution is 6.02. The van der Waals surface area contributed by atoms with Crippen molar-refractivity contribution in [3.05, 3.63) is 48.3 Å². The maximum atomic E-state index is 13.1. The van der Waals surface area contributed by atoms with Crippen molar-refractivity contribution in [3.8, 4) is 5.75 Å². The molecule has 20 heavy (non-hydrogen) atoms. The molecule has 2 rings (SSSR count). The van der Waals surface area contributed by atoms with E-state index in [2.05, 4.69) is 10.6 Å². The number of carbonyl (C=O) groups excluding carboxylic acids is 1. The van der Waals surface area contributed by atoms with Crippen LogP contribution in [0, 0.1) is 5.82 Å². The summed E-state index contributed by atoms with van der Waals surface area (Å²) in [6.45, 7) is 0. The Hall–Kier alpha value is -2.76. The summed E-state index contributed by atoms with van der Waals surface area (Å²) in [5.41, 5.74) is 6.64. The van der Waals surface area contributed by atoms with E-state index in [0.717, 1.165) is 6.07 Å². The Labute approximate surface area is 115 Å². The SMILES string of the molecule is COc1ccccc1NC(=O)Nc1cc(F)ccc1N. The van der Waals surface area contributed by atoms with Crippen molar-refractivity contribution in [2.45, 2.75) is 0 Å². The molecule has 2 amide bonds. The first kappa shape index (κ1) is 13.7. The fraction of sp³-hybridized carbons (Fsp3) is 0.0714. The minimum Gasteiger partial charge on any atom is -0.495 e. The minimum atomic E-state index is -0.535. The van der Waals surface area contributed by atoms with Gasteiger partial charge in [0.15, 0.2) is 0 Å². The highest BCUT2D eigenvalue weighted by Crippen LogP contribution is 2.24.